The summed E-state index contributed by atoms with van der Waals surface area (Å²) in [5.41, 5.74) is 0.744. The van der Waals surface area contributed by atoms with Gasteiger partial charge in [0.05, 0.1) is 18.9 Å². The highest BCUT2D eigenvalue weighted by molar-refractivity contribution is 7.86. The van der Waals surface area contributed by atoms with Gasteiger partial charge in [0.25, 0.3) is 15.0 Å². The van der Waals surface area contributed by atoms with Crippen molar-refractivity contribution in [1.82, 2.24) is 23.3 Å². The molecule has 2 aromatic rings. The molecule has 0 amide bonds. The molecule has 0 radical (unpaired) electrons. The summed E-state index contributed by atoms with van der Waals surface area (Å²) in [5, 5.41) is 4.51. The standard InChI is InChI=1S/C20H27N5O6S2/c1-14-10-24(11-15(2)30-14)33(26,27)23-7-5-22(6-8-23)12-25-20(32)31-19(21-25)16-3-4-17-18(9-16)29-13-28-17/h3-4,9,14-15H,5-8,10-13H2,1-2H3. The van der Waals surface area contributed by atoms with Crippen LogP contribution in [0.5, 0.6) is 11.5 Å². The Morgan fingerprint density at radius 1 is 1.03 bits per heavy atom. The van der Waals surface area contributed by atoms with Crippen molar-refractivity contribution in [2.45, 2.75) is 32.7 Å². The van der Waals surface area contributed by atoms with Crippen molar-refractivity contribution in [1.29, 1.82) is 0 Å². The van der Waals surface area contributed by atoms with Crippen molar-refractivity contribution < 1.29 is 27.0 Å². The molecule has 2 saturated heterocycles. The third-order valence-electron chi connectivity index (χ3n) is 5.93. The minimum absolute atomic E-state index is 0.113. The summed E-state index contributed by atoms with van der Waals surface area (Å²) in [7, 11) is -3.52. The summed E-state index contributed by atoms with van der Waals surface area (Å²) in [6.45, 7) is 7.13. The number of hydrogen-bond donors (Lipinski definition) is 0. The fourth-order valence-electron chi connectivity index (χ4n) is 4.32. The van der Waals surface area contributed by atoms with Crippen molar-refractivity contribution in [3.05, 3.63) is 23.0 Å². The maximum Gasteiger partial charge on any atom is 0.288 e. The van der Waals surface area contributed by atoms with Gasteiger partial charge in [-0.15, -0.1) is 5.10 Å². The van der Waals surface area contributed by atoms with Gasteiger partial charge >= 0.3 is 0 Å². The van der Waals surface area contributed by atoms with Crippen LogP contribution in [0.15, 0.2) is 22.6 Å². The zero-order valence-corrected chi connectivity index (χ0v) is 20.2. The monoisotopic (exact) mass is 497 g/mol. The Labute approximate surface area is 197 Å². The van der Waals surface area contributed by atoms with E-state index in [4.69, 9.17) is 30.8 Å². The Bertz CT molecular complexity index is 1160. The lowest BCUT2D eigenvalue weighted by Gasteiger charge is -2.40. The van der Waals surface area contributed by atoms with Crippen molar-refractivity contribution >= 4 is 22.4 Å². The van der Waals surface area contributed by atoms with E-state index >= 15 is 0 Å². The van der Waals surface area contributed by atoms with Gasteiger partial charge in [-0.05, 0) is 44.3 Å². The van der Waals surface area contributed by atoms with Crippen molar-refractivity contribution in [3.8, 4) is 23.0 Å². The SMILES string of the molecule is CC1CN(S(=O)(=O)N2CCN(Cn3nc(-c4ccc5c(c4)OCO5)oc3=S)CC2)CC(C)O1. The first-order chi connectivity index (χ1) is 15.8. The lowest BCUT2D eigenvalue weighted by Crippen LogP contribution is -2.57. The average Bonchev–Trinajstić information content (AvgIpc) is 3.39. The van der Waals surface area contributed by atoms with E-state index in [1.807, 2.05) is 32.0 Å². The van der Waals surface area contributed by atoms with Crippen molar-refractivity contribution in [2.24, 2.45) is 0 Å². The minimum atomic E-state index is -3.52. The van der Waals surface area contributed by atoms with Crippen LogP contribution in [0.1, 0.15) is 13.8 Å². The van der Waals surface area contributed by atoms with Gasteiger partial charge in [0.15, 0.2) is 11.5 Å². The first kappa shape index (κ1) is 22.7. The molecule has 2 fully saturated rings. The Morgan fingerprint density at radius 2 is 1.73 bits per heavy atom. The van der Waals surface area contributed by atoms with Gasteiger partial charge in [-0.1, -0.05) is 0 Å². The largest absolute Gasteiger partial charge is 0.454 e. The summed E-state index contributed by atoms with van der Waals surface area (Å²) >= 11 is 5.36. The predicted molar refractivity (Wildman–Crippen MR) is 121 cm³/mol. The van der Waals surface area contributed by atoms with Gasteiger partial charge in [0.2, 0.25) is 12.7 Å². The summed E-state index contributed by atoms with van der Waals surface area (Å²) in [4.78, 5) is 2.37. The second-order valence-electron chi connectivity index (χ2n) is 8.48. The summed E-state index contributed by atoms with van der Waals surface area (Å²) in [5.74, 6) is 1.73. The fourth-order valence-corrected chi connectivity index (χ4v) is 6.24. The lowest BCUT2D eigenvalue weighted by atomic mass is 10.2. The van der Waals surface area contributed by atoms with Gasteiger partial charge in [-0.25, -0.2) is 4.68 Å². The zero-order chi connectivity index (χ0) is 23.2. The first-order valence-electron chi connectivity index (χ1n) is 10.9. The Balaban J connectivity index is 1.22. The van der Waals surface area contributed by atoms with Crippen LogP contribution in [0.2, 0.25) is 0 Å². The number of aromatic nitrogens is 2. The summed E-state index contributed by atoms with van der Waals surface area (Å²) in [6.07, 6.45) is -0.226. The highest BCUT2D eigenvalue weighted by Crippen LogP contribution is 2.35. The molecule has 1 aromatic carbocycles. The maximum absolute atomic E-state index is 13.1. The van der Waals surface area contributed by atoms with Crippen LogP contribution in [0.4, 0.5) is 0 Å². The number of ether oxygens (including phenoxy) is 3. The molecular weight excluding hydrogens is 470 g/mol. The molecule has 1 aromatic heterocycles. The molecule has 3 aliphatic rings. The Kier molecular flexibility index (Phi) is 6.18. The summed E-state index contributed by atoms with van der Waals surface area (Å²) < 4.78 is 53.0. The lowest BCUT2D eigenvalue weighted by molar-refractivity contribution is -0.0458. The Morgan fingerprint density at radius 3 is 2.45 bits per heavy atom. The van der Waals surface area contributed by atoms with E-state index < -0.39 is 10.2 Å². The second kappa shape index (κ2) is 8.96. The van der Waals surface area contributed by atoms with Crippen LogP contribution in [0.25, 0.3) is 11.5 Å². The number of hydrogen-bond acceptors (Lipinski definition) is 9. The van der Waals surface area contributed by atoms with Crippen LogP contribution < -0.4 is 9.47 Å². The Hall–Kier alpha value is -2.03. The van der Waals surface area contributed by atoms with Gasteiger partial charge in [-0.2, -0.15) is 17.0 Å². The van der Waals surface area contributed by atoms with Crippen LogP contribution >= 0.6 is 12.2 Å². The quantitative estimate of drug-likeness (QED) is 0.569. The molecule has 0 saturated carbocycles. The number of benzene rings is 1. The average molecular weight is 498 g/mol. The molecule has 0 bridgehead atoms. The number of fused-ring (bicyclic) bond motifs is 1. The molecule has 0 N–H and O–H groups in total. The predicted octanol–water partition coefficient (Wildman–Crippen LogP) is 1.53. The number of morpholine rings is 1. The van der Waals surface area contributed by atoms with Crippen LogP contribution in [-0.4, -0.2) is 90.0 Å². The maximum atomic E-state index is 13.1. The summed E-state index contributed by atoms with van der Waals surface area (Å²) in [6, 6.07) is 5.46. The normalized spacial score (nSPS) is 24.9. The van der Waals surface area contributed by atoms with E-state index in [1.54, 1.807) is 8.99 Å². The number of piperazine rings is 1. The van der Waals surface area contributed by atoms with E-state index in [0.717, 1.165) is 5.56 Å². The van der Waals surface area contributed by atoms with Gasteiger partial charge in [0.1, 0.15) is 0 Å². The topological polar surface area (TPSA) is 103 Å². The van der Waals surface area contributed by atoms with Crippen LogP contribution in [-0.2, 0) is 21.6 Å². The van der Waals surface area contributed by atoms with E-state index in [2.05, 4.69) is 10.00 Å². The van der Waals surface area contributed by atoms with Gasteiger partial charge in [0, 0.05) is 44.8 Å². The molecule has 2 atom stereocenters. The molecule has 5 rings (SSSR count). The van der Waals surface area contributed by atoms with Crippen LogP contribution in [0.3, 0.4) is 0 Å². The van der Waals surface area contributed by atoms with Gasteiger partial charge < -0.3 is 18.6 Å². The van der Waals surface area contributed by atoms with Gasteiger partial charge in [-0.3, -0.25) is 4.90 Å². The van der Waals surface area contributed by atoms with E-state index in [-0.39, 0.29) is 23.8 Å². The fraction of sp³-hybridized carbons (Fsp3) is 0.600. The molecule has 13 heteroatoms. The molecule has 11 nitrogen and oxygen atoms in total. The van der Waals surface area contributed by atoms with Crippen LogP contribution in [0, 0.1) is 4.84 Å². The van der Waals surface area contributed by atoms with Crippen molar-refractivity contribution in [2.75, 3.05) is 46.1 Å². The molecule has 0 spiro atoms. The minimum Gasteiger partial charge on any atom is -0.454 e. The molecule has 33 heavy (non-hydrogen) atoms. The molecule has 180 valence electrons. The third-order valence-corrected chi connectivity index (χ3v) is 8.19. The van der Waals surface area contributed by atoms with Crippen molar-refractivity contribution in [3.63, 3.8) is 0 Å². The number of rotatable bonds is 5. The van der Waals surface area contributed by atoms with E-state index in [1.165, 1.54) is 4.31 Å². The second-order valence-corrected chi connectivity index (χ2v) is 10.8. The smallest absolute Gasteiger partial charge is 0.288 e. The first-order valence-corrected chi connectivity index (χ1v) is 12.7. The molecule has 4 heterocycles. The highest BCUT2D eigenvalue weighted by Gasteiger charge is 2.36. The third kappa shape index (κ3) is 4.66. The molecule has 2 unspecified atom stereocenters. The molecule has 3 aliphatic heterocycles. The zero-order valence-electron chi connectivity index (χ0n) is 18.5. The van der Waals surface area contributed by atoms with E-state index in [9.17, 15) is 8.42 Å². The van der Waals surface area contributed by atoms with E-state index in [0.29, 0.717) is 63.3 Å². The molecule has 0 aliphatic carbocycles. The number of nitrogens with zero attached hydrogens (tertiary/aromatic N) is 5. The molecular formula is C20H27N5O6S2. The highest BCUT2D eigenvalue weighted by atomic mass is 32.2.